The molecule has 29 heavy (non-hydrogen) atoms. The van der Waals surface area contributed by atoms with E-state index in [0.717, 1.165) is 11.1 Å². The Morgan fingerprint density at radius 3 is 2.34 bits per heavy atom. The predicted octanol–water partition coefficient (Wildman–Crippen LogP) is 6.83. The van der Waals surface area contributed by atoms with Gasteiger partial charge >= 0.3 is 0 Å². The number of fused-ring (bicyclic) bond motifs is 1. The first-order chi connectivity index (χ1) is 14.1. The van der Waals surface area contributed by atoms with Crippen LogP contribution in [0, 0.1) is 5.82 Å². The molecule has 3 aromatic carbocycles. The maximum Gasteiger partial charge on any atom is 0.240 e. The molecule has 1 aromatic heterocycles. The zero-order chi connectivity index (χ0) is 20.2. The average molecular weight is 425 g/mol. The van der Waals surface area contributed by atoms with Crippen LogP contribution in [0.2, 0.25) is 10.0 Å². The fourth-order valence-electron chi connectivity index (χ4n) is 2.78. The van der Waals surface area contributed by atoms with Gasteiger partial charge in [0, 0.05) is 15.6 Å². The van der Waals surface area contributed by atoms with Gasteiger partial charge in [-0.15, -0.1) is 0 Å². The Morgan fingerprint density at radius 2 is 1.59 bits per heavy atom. The SMILES string of the molecule is Fc1ccccc1COc1nc2ccccc2nc1C=Cc1ccc(Cl)cc1Cl. The summed E-state index contributed by atoms with van der Waals surface area (Å²) >= 11 is 12.2. The van der Waals surface area contributed by atoms with Gasteiger partial charge in [0.25, 0.3) is 0 Å². The van der Waals surface area contributed by atoms with Gasteiger partial charge in [-0.2, -0.15) is 0 Å². The van der Waals surface area contributed by atoms with E-state index in [4.69, 9.17) is 27.9 Å². The molecule has 0 bridgehead atoms. The van der Waals surface area contributed by atoms with E-state index in [1.807, 2.05) is 36.4 Å². The summed E-state index contributed by atoms with van der Waals surface area (Å²) in [6, 6.07) is 19.2. The molecule has 0 saturated heterocycles. The van der Waals surface area contributed by atoms with Crippen molar-refractivity contribution in [2.24, 2.45) is 0 Å². The van der Waals surface area contributed by atoms with E-state index in [1.54, 1.807) is 36.4 Å². The third-order valence-corrected chi connectivity index (χ3v) is 4.83. The minimum atomic E-state index is -0.328. The van der Waals surface area contributed by atoms with E-state index < -0.39 is 0 Å². The topological polar surface area (TPSA) is 35.0 Å². The van der Waals surface area contributed by atoms with Crippen molar-refractivity contribution < 1.29 is 9.13 Å². The third-order valence-electron chi connectivity index (χ3n) is 4.27. The number of benzene rings is 3. The van der Waals surface area contributed by atoms with E-state index in [2.05, 4.69) is 9.97 Å². The molecule has 4 rings (SSSR count). The van der Waals surface area contributed by atoms with Crippen LogP contribution in [0.3, 0.4) is 0 Å². The predicted molar refractivity (Wildman–Crippen MR) is 116 cm³/mol. The molecule has 144 valence electrons. The van der Waals surface area contributed by atoms with Crippen molar-refractivity contribution in [1.29, 1.82) is 0 Å². The van der Waals surface area contributed by atoms with Crippen LogP contribution in [-0.4, -0.2) is 9.97 Å². The Hall–Kier alpha value is -2.95. The average Bonchev–Trinajstić information content (AvgIpc) is 2.72. The zero-order valence-corrected chi connectivity index (χ0v) is 16.7. The van der Waals surface area contributed by atoms with Crippen molar-refractivity contribution in [1.82, 2.24) is 9.97 Å². The molecule has 0 amide bonds. The van der Waals surface area contributed by atoms with Crippen LogP contribution < -0.4 is 4.74 Å². The molecule has 0 aliphatic heterocycles. The maximum absolute atomic E-state index is 13.9. The number of hydrogen-bond acceptors (Lipinski definition) is 3. The number of rotatable bonds is 5. The summed E-state index contributed by atoms with van der Waals surface area (Å²) in [6.07, 6.45) is 3.58. The van der Waals surface area contributed by atoms with E-state index in [-0.39, 0.29) is 12.4 Å². The Kier molecular flexibility index (Phi) is 5.74. The second-order valence-corrected chi connectivity index (χ2v) is 7.13. The molecule has 1 heterocycles. The molecule has 4 aromatic rings. The van der Waals surface area contributed by atoms with Crippen molar-refractivity contribution in [2.75, 3.05) is 0 Å². The number of para-hydroxylation sites is 2. The summed E-state index contributed by atoms with van der Waals surface area (Å²) < 4.78 is 19.8. The fourth-order valence-corrected chi connectivity index (χ4v) is 3.25. The summed E-state index contributed by atoms with van der Waals surface area (Å²) in [4.78, 5) is 9.19. The van der Waals surface area contributed by atoms with Crippen molar-refractivity contribution in [3.8, 4) is 5.88 Å². The lowest BCUT2D eigenvalue weighted by Gasteiger charge is -2.10. The van der Waals surface area contributed by atoms with E-state index in [9.17, 15) is 4.39 Å². The molecular weight excluding hydrogens is 410 g/mol. The Balaban J connectivity index is 1.70. The molecule has 0 fully saturated rings. The van der Waals surface area contributed by atoms with Crippen LogP contribution in [0.4, 0.5) is 4.39 Å². The van der Waals surface area contributed by atoms with E-state index >= 15 is 0 Å². The molecule has 0 spiro atoms. The smallest absolute Gasteiger partial charge is 0.240 e. The second-order valence-electron chi connectivity index (χ2n) is 6.28. The molecule has 0 N–H and O–H groups in total. The molecule has 6 heteroatoms. The minimum absolute atomic E-state index is 0.0439. The summed E-state index contributed by atoms with van der Waals surface area (Å²) in [5, 5.41) is 1.09. The van der Waals surface area contributed by atoms with Gasteiger partial charge in [0.1, 0.15) is 18.1 Å². The number of nitrogens with zero attached hydrogens (tertiary/aromatic N) is 2. The fraction of sp³-hybridized carbons (Fsp3) is 0.0435. The maximum atomic E-state index is 13.9. The van der Waals surface area contributed by atoms with Crippen molar-refractivity contribution >= 4 is 46.4 Å². The monoisotopic (exact) mass is 424 g/mol. The molecule has 0 unspecified atom stereocenters. The number of aromatic nitrogens is 2. The standard InChI is InChI=1S/C23H15Cl2FN2O/c24-17-11-9-15(18(25)13-17)10-12-22-23(28-21-8-4-3-7-20(21)27-22)29-14-16-5-1-2-6-19(16)26/h1-13H,14H2. The van der Waals surface area contributed by atoms with Crippen molar-refractivity contribution in [2.45, 2.75) is 6.61 Å². The Bertz CT molecular complexity index is 1210. The van der Waals surface area contributed by atoms with Gasteiger partial charge in [0.05, 0.1) is 11.0 Å². The van der Waals surface area contributed by atoms with Crippen molar-refractivity contribution in [3.05, 3.63) is 99.4 Å². The molecule has 0 aliphatic rings. The summed E-state index contributed by atoms with van der Waals surface area (Å²) in [7, 11) is 0. The lowest BCUT2D eigenvalue weighted by molar-refractivity contribution is 0.287. The van der Waals surface area contributed by atoms with Crippen LogP contribution in [0.5, 0.6) is 5.88 Å². The van der Waals surface area contributed by atoms with Gasteiger partial charge < -0.3 is 4.74 Å². The molecular formula is C23H15Cl2FN2O. The van der Waals surface area contributed by atoms with E-state index in [1.165, 1.54) is 6.07 Å². The van der Waals surface area contributed by atoms with Crippen molar-refractivity contribution in [3.63, 3.8) is 0 Å². The third kappa shape index (κ3) is 4.56. The first-order valence-electron chi connectivity index (χ1n) is 8.86. The van der Waals surface area contributed by atoms with Crippen LogP contribution in [0.15, 0.2) is 66.7 Å². The first-order valence-corrected chi connectivity index (χ1v) is 9.62. The normalized spacial score (nSPS) is 11.3. The number of ether oxygens (including phenoxy) is 1. The van der Waals surface area contributed by atoms with Gasteiger partial charge in [-0.3, -0.25) is 0 Å². The molecule has 0 aliphatic carbocycles. The van der Waals surface area contributed by atoms with Crippen LogP contribution in [0.1, 0.15) is 16.8 Å². The van der Waals surface area contributed by atoms with Crippen LogP contribution >= 0.6 is 23.2 Å². The summed E-state index contributed by atoms with van der Waals surface area (Å²) in [5.41, 5.74) is 3.17. The highest BCUT2D eigenvalue weighted by atomic mass is 35.5. The molecule has 3 nitrogen and oxygen atoms in total. The van der Waals surface area contributed by atoms with E-state index in [0.29, 0.717) is 32.7 Å². The number of hydrogen-bond donors (Lipinski definition) is 0. The number of halogens is 3. The zero-order valence-electron chi connectivity index (χ0n) is 15.1. The Morgan fingerprint density at radius 1 is 0.862 bits per heavy atom. The molecule has 0 radical (unpaired) electrons. The second kappa shape index (κ2) is 8.60. The van der Waals surface area contributed by atoms with Crippen LogP contribution in [-0.2, 0) is 6.61 Å². The quantitative estimate of drug-likeness (QED) is 0.352. The van der Waals surface area contributed by atoms with Gasteiger partial charge in [-0.05, 0) is 42.0 Å². The lowest BCUT2D eigenvalue weighted by atomic mass is 10.2. The highest BCUT2D eigenvalue weighted by Crippen LogP contribution is 2.26. The molecule has 0 atom stereocenters. The Labute approximate surface area is 177 Å². The summed E-state index contributed by atoms with van der Waals surface area (Å²) in [6.45, 7) is 0.0439. The first kappa shape index (κ1) is 19.4. The molecule has 0 saturated carbocycles. The van der Waals surface area contributed by atoms with Crippen LogP contribution in [0.25, 0.3) is 23.2 Å². The largest absolute Gasteiger partial charge is 0.471 e. The summed E-state index contributed by atoms with van der Waals surface area (Å²) in [5.74, 6) is -0.0143. The lowest BCUT2D eigenvalue weighted by Crippen LogP contribution is -2.03. The van der Waals surface area contributed by atoms with Gasteiger partial charge in [-0.1, -0.05) is 65.7 Å². The highest BCUT2D eigenvalue weighted by Gasteiger charge is 2.10. The minimum Gasteiger partial charge on any atom is -0.471 e. The highest BCUT2D eigenvalue weighted by molar-refractivity contribution is 6.35. The van der Waals surface area contributed by atoms with Gasteiger partial charge in [0.2, 0.25) is 5.88 Å². The van der Waals surface area contributed by atoms with Gasteiger partial charge in [0.15, 0.2) is 0 Å². The van der Waals surface area contributed by atoms with Gasteiger partial charge in [-0.25, -0.2) is 14.4 Å².